The topological polar surface area (TPSA) is 17.1 Å². The summed E-state index contributed by atoms with van der Waals surface area (Å²) < 4.78 is 0. The number of rotatable bonds is 3. The monoisotopic (exact) mass is 136 g/mol. The Kier molecular flexibility index (Phi) is 4.21. The molecular weight excluding hydrogens is 124 g/mol. The van der Waals surface area contributed by atoms with Gasteiger partial charge in [0.25, 0.3) is 0 Å². The van der Waals surface area contributed by atoms with Gasteiger partial charge in [-0.25, -0.2) is 0 Å². The van der Waals surface area contributed by atoms with E-state index in [1.54, 1.807) is 12.2 Å². The van der Waals surface area contributed by atoms with Crippen molar-refractivity contribution in [3.63, 3.8) is 0 Å². The van der Waals surface area contributed by atoms with Crippen molar-refractivity contribution in [2.75, 3.05) is 0 Å². The maximum Gasteiger partial charge on any atom is 0.150 e. The van der Waals surface area contributed by atoms with E-state index in [1.807, 2.05) is 19.9 Å². The fraction of sp³-hybridized carbons (Fsp3) is 0.222. The van der Waals surface area contributed by atoms with Crippen LogP contribution in [0, 0.1) is 0 Å². The molecule has 0 radical (unpaired) electrons. The average Bonchev–Trinajstić information content (AvgIpc) is 1.99. The Morgan fingerprint density at radius 1 is 1.50 bits per heavy atom. The van der Waals surface area contributed by atoms with Crippen LogP contribution in [0.25, 0.3) is 0 Å². The van der Waals surface area contributed by atoms with E-state index in [2.05, 4.69) is 6.58 Å². The molecule has 0 unspecified atom stereocenters. The Labute approximate surface area is 61.8 Å². The standard InChI is InChI=1S/C9H12O/c1-4-6-9(7-10)8(3)5-2/h4-7H,2H2,1,3H3/b6-4-,9-8+. The predicted octanol–water partition coefficient (Wildman–Crippen LogP) is 2.26. The summed E-state index contributed by atoms with van der Waals surface area (Å²) in [4.78, 5) is 10.3. The second-order valence-electron chi connectivity index (χ2n) is 1.96. The molecule has 0 bridgehead atoms. The molecule has 0 fully saturated rings. The number of hydrogen-bond donors (Lipinski definition) is 0. The molecular formula is C9H12O. The minimum Gasteiger partial charge on any atom is -0.298 e. The molecule has 0 aromatic heterocycles. The summed E-state index contributed by atoms with van der Waals surface area (Å²) in [5, 5.41) is 0. The number of carbonyl (C=O) groups is 1. The fourth-order valence-electron chi connectivity index (χ4n) is 0.561. The molecule has 0 aliphatic carbocycles. The van der Waals surface area contributed by atoms with Crippen LogP contribution in [0.3, 0.4) is 0 Å². The van der Waals surface area contributed by atoms with E-state index in [9.17, 15) is 4.79 Å². The lowest BCUT2D eigenvalue weighted by Crippen LogP contribution is -1.82. The van der Waals surface area contributed by atoms with Crippen molar-refractivity contribution in [3.05, 3.63) is 36.0 Å². The van der Waals surface area contributed by atoms with Crippen molar-refractivity contribution in [2.24, 2.45) is 0 Å². The van der Waals surface area contributed by atoms with Gasteiger partial charge in [0, 0.05) is 5.57 Å². The smallest absolute Gasteiger partial charge is 0.150 e. The van der Waals surface area contributed by atoms with E-state index in [1.165, 1.54) is 0 Å². The minimum absolute atomic E-state index is 0.692. The number of aldehydes is 1. The van der Waals surface area contributed by atoms with E-state index < -0.39 is 0 Å². The molecule has 10 heavy (non-hydrogen) atoms. The Morgan fingerprint density at radius 2 is 2.10 bits per heavy atom. The van der Waals surface area contributed by atoms with Crippen molar-refractivity contribution < 1.29 is 4.79 Å². The van der Waals surface area contributed by atoms with Crippen LogP contribution < -0.4 is 0 Å². The summed E-state index contributed by atoms with van der Waals surface area (Å²) in [5.74, 6) is 0. The van der Waals surface area contributed by atoms with Crippen LogP contribution in [0.15, 0.2) is 36.0 Å². The molecule has 1 nitrogen and oxygen atoms in total. The third-order valence-corrected chi connectivity index (χ3v) is 1.23. The molecule has 0 spiro atoms. The first-order valence-corrected chi connectivity index (χ1v) is 3.17. The van der Waals surface area contributed by atoms with Crippen LogP contribution in [0.1, 0.15) is 13.8 Å². The van der Waals surface area contributed by atoms with Gasteiger partial charge in [-0.05, 0) is 19.4 Å². The van der Waals surface area contributed by atoms with E-state index in [0.29, 0.717) is 5.57 Å². The largest absolute Gasteiger partial charge is 0.298 e. The van der Waals surface area contributed by atoms with Crippen LogP contribution in [0.5, 0.6) is 0 Å². The summed E-state index contributed by atoms with van der Waals surface area (Å²) in [6.07, 6.45) is 6.10. The van der Waals surface area contributed by atoms with Crippen LogP contribution in [-0.4, -0.2) is 6.29 Å². The summed E-state index contributed by atoms with van der Waals surface area (Å²) in [7, 11) is 0. The van der Waals surface area contributed by atoms with Gasteiger partial charge in [0.15, 0.2) is 0 Å². The lowest BCUT2D eigenvalue weighted by atomic mass is 10.1. The Morgan fingerprint density at radius 3 is 2.40 bits per heavy atom. The number of carbonyl (C=O) groups excluding carboxylic acids is 1. The highest BCUT2D eigenvalue weighted by Crippen LogP contribution is 2.02. The maximum absolute atomic E-state index is 10.3. The van der Waals surface area contributed by atoms with Crippen molar-refractivity contribution in [2.45, 2.75) is 13.8 Å². The highest BCUT2D eigenvalue weighted by molar-refractivity contribution is 5.79. The third kappa shape index (κ3) is 2.44. The van der Waals surface area contributed by atoms with E-state index >= 15 is 0 Å². The molecule has 54 valence electrons. The van der Waals surface area contributed by atoms with Crippen molar-refractivity contribution in [3.8, 4) is 0 Å². The average molecular weight is 136 g/mol. The third-order valence-electron chi connectivity index (χ3n) is 1.23. The molecule has 0 saturated heterocycles. The van der Waals surface area contributed by atoms with Gasteiger partial charge >= 0.3 is 0 Å². The van der Waals surface area contributed by atoms with E-state index in [4.69, 9.17) is 0 Å². The van der Waals surface area contributed by atoms with Crippen molar-refractivity contribution >= 4 is 6.29 Å². The Balaban J connectivity index is 4.61. The first-order valence-electron chi connectivity index (χ1n) is 3.17. The normalized spacial score (nSPS) is 13.0. The molecule has 1 heteroatoms. The Bertz CT molecular complexity index is 185. The zero-order chi connectivity index (χ0) is 7.98. The molecule has 0 aliphatic rings. The molecule has 0 aromatic carbocycles. The summed E-state index contributed by atoms with van der Waals surface area (Å²) in [5.41, 5.74) is 1.60. The van der Waals surface area contributed by atoms with Crippen LogP contribution in [-0.2, 0) is 4.79 Å². The fourth-order valence-corrected chi connectivity index (χ4v) is 0.561. The SMILES string of the molecule is C=C/C(C)=C(C=O)\C=C/C. The second-order valence-corrected chi connectivity index (χ2v) is 1.96. The minimum atomic E-state index is 0.692. The molecule has 0 aliphatic heterocycles. The molecule has 0 aromatic rings. The van der Waals surface area contributed by atoms with Gasteiger partial charge in [-0.2, -0.15) is 0 Å². The summed E-state index contributed by atoms with van der Waals surface area (Å²) in [6.45, 7) is 7.29. The van der Waals surface area contributed by atoms with Gasteiger partial charge < -0.3 is 0 Å². The second kappa shape index (κ2) is 4.74. The zero-order valence-electron chi connectivity index (χ0n) is 6.42. The van der Waals surface area contributed by atoms with Crippen molar-refractivity contribution in [1.82, 2.24) is 0 Å². The van der Waals surface area contributed by atoms with Crippen LogP contribution >= 0.6 is 0 Å². The predicted molar refractivity (Wildman–Crippen MR) is 43.8 cm³/mol. The Hall–Kier alpha value is -1.11. The first kappa shape index (κ1) is 8.89. The summed E-state index contributed by atoms with van der Waals surface area (Å²) >= 11 is 0. The van der Waals surface area contributed by atoms with Gasteiger partial charge in [-0.3, -0.25) is 4.79 Å². The first-order chi connectivity index (χ1) is 4.76. The highest BCUT2D eigenvalue weighted by atomic mass is 16.1. The summed E-state index contributed by atoms with van der Waals surface area (Å²) in [6, 6.07) is 0. The van der Waals surface area contributed by atoms with Crippen molar-refractivity contribution in [1.29, 1.82) is 0 Å². The molecule has 0 amide bonds. The lowest BCUT2D eigenvalue weighted by Gasteiger charge is -1.92. The number of allylic oxidation sites excluding steroid dienone is 5. The number of hydrogen-bond acceptors (Lipinski definition) is 1. The van der Waals surface area contributed by atoms with Crippen LogP contribution in [0.4, 0.5) is 0 Å². The van der Waals surface area contributed by atoms with Gasteiger partial charge in [0.05, 0.1) is 0 Å². The van der Waals surface area contributed by atoms with Gasteiger partial charge in [-0.1, -0.05) is 24.8 Å². The van der Waals surface area contributed by atoms with E-state index in [-0.39, 0.29) is 0 Å². The van der Waals surface area contributed by atoms with Gasteiger partial charge in [-0.15, -0.1) is 0 Å². The molecule has 0 heterocycles. The molecule has 0 N–H and O–H groups in total. The van der Waals surface area contributed by atoms with Gasteiger partial charge in [0.2, 0.25) is 0 Å². The highest BCUT2D eigenvalue weighted by Gasteiger charge is 1.90. The van der Waals surface area contributed by atoms with Gasteiger partial charge in [0.1, 0.15) is 6.29 Å². The maximum atomic E-state index is 10.3. The van der Waals surface area contributed by atoms with Crippen LogP contribution in [0.2, 0.25) is 0 Å². The quantitative estimate of drug-likeness (QED) is 0.330. The lowest BCUT2D eigenvalue weighted by molar-refractivity contribution is -0.104. The zero-order valence-corrected chi connectivity index (χ0v) is 6.42. The molecule has 0 atom stereocenters. The molecule has 0 saturated carbocycles. The molecule has 0 rings (SSSR count). The van der Waals surface area contributed by atoms with E-state index in [0.717, 1.165) is 11.9 Å².